The van der Waals surface area contributed by atoms with Crippen LogP contribution < -0.4 is 5.32 Å². The van der Waals surface area contributed by atoms with Gasteiger partial charge >= 0.3 is 6.03 Å². The minimum Gasteiger partial charge on any atom is -0.395 e. The Balaban J connectivity index is 1.96. The van der Waals surface area contributed by atoms with Crippen molar-refractivity contribution in [2.75, 3.05) is 25.1 Å². The lowest BCUT2D eigenvalue weighted by atomic mass is 10.2. The van der Waals surface area contributed by atoms with Crippen molar-refractivity contribution < 1.29 is 14.6 Å². The second kappa shape index (κ2) is 9.70. The van der Waals surface area contributed by atoms with E-state index >= 15 is 0 Å². The van der Waals surface area contributed by atoms with Gasteiger partial charge in [0.25, 0.3) is 0 Å². The van der Waals surface area contributed by atoms with Crippen LogP contribution in [0.4, 0.5) is 10.5 Å². The highest BCUT2D eigenvalue weighted by Crippen LogP contribution is 2.12. The highest BCUT2D eigenvalue weighted by Gasteiger charge is 2.13. The number of nitrogens with one attached hydrogen (secondary N) is 1. The third kappa shape index (κ3) is 5.68. The Morgan fingerprint density at radius 2 is 1.79 bits per heavy atom. The van der Waals surface area contributed by atoms with Crippen LogP contribution in [0.3, 0.4) is 0 Å². The predicted octanol–water partition coefficient (Wildman–Crippen LogP) is 3.25. The Bertz CT molecular complexity index is 614. The molecule has 5 nitrogen and oxygen atoms in total. The number of carbonyl (C=O) groups is 1. The Morgan fingerprint density at radius 3 is 2.42 bits per heavy atom. The lowest BCUT2D eigenvalue weighted by Crippen LogP contribution is -2.36. The number of ether oxygens (including phenoxy) is 1. The highest BCUT2D eigenvalue weighted by molar-refractivity contribution is 5.89. The first-order valence-electron chi connectivity index (χ1n) is 8.10. The SMILES string of the molecule is CCOCc1ccc(NC(=O)N(CCO)Cc2ccccc2)cc1. The summed E-state index contributed by atoms with van der Waals surface area (Å²) in [6.45, 7) is 3.85. The van der Waals surface area contributed by atoms with Crippen LogP contribution in [-0.4, -0.2) is 35.8 Å². The summed E-state index contributed by atoms with van der Waals surface area (Å²) in [5.41, 5.74) is 2.80. The van der Waals surface area contributed by atoms with Gasteiger partial charge in [-0.05, 0) is 30.2 Å². The molecule has 0 aliphatic carbocycles. The second-order valence-electron chi connectivity index (χ2n) is 5.39. The molecule has 0 bridgehead atoms. The molecule has 2 amide bonds. The molecule has 0 aliphatic rings. The van der Waals surface area contributed by atoms with Gasteiger partial charge in [0.05, 0.1) is 13.2 Å². The van der Waals surface area contributed by atoms with E-state index in [4.69, 9.17) is 4.74 Å². The molecule has 0 atom stereocenters. The fourth-order valence-electron chi connectivity index (χ4n) is 2.28. The van der Waals surface area contributed by atoms with Gasteiger partial charge in [0.1, 0.15) is 0 Å². The molecule has 24 heavy (non-hydrogen) atoms. The van der Waals surface area contributed by atoms with Gasteiger partial charge in [0, 0.05) is 25.4 Å². The van der Waals surface area contributed by atoms with Crippen molar-refractivity contribution in [3.8, 4) is 0 Å². The molecule has 0 heterocycles. The van der Waals surface area contributed by atoms with Gasteiger partial charge in [0.15, 0.2) is 0 Å². The molecule has 2 aromatic rings. The number of anilines is 1. The van der Waals surface area contributed by atoms with Crippen molar-refractivity contribution in [3.63, 3.8) is 0 Å². The topological polar surface area (TPSA) is 61.8 Å². The zero-order valence-corrected chi connectivity index (χ0v) is 13.9. The van der Waals surface area contributed by atoms with Crippen molar-refractivity contribution in [1.82, 2.24) is 4.90 Å². The summed E-state index contributed by atoms with van der Waals surface area (Å²) in [6.07, 6.45) is 0. The number of nitrogens with zero attached hydrogens (tertiary/aromatic N) is 1. The van der Waals surface area contributed by atoms with Crippen LogP contribution in [0.25, 0.3) is 0 Å². The number of amides is 2. The fraction of sp³-hybridized carbons (Fsp3) is 0.316. The van der Waals surface area contributed by atoms with Crippen LogP contribution in [0.1, 0.15) is 18.1 Å². The van der Waals surface area contributed by atoms with Crippen LogP contribution in [0.5, 0.6) is 0 Å². The van der Waals surface area contributed by atoms with Gasteiger partial charge in [-0.2, -0.15) is 0 Å². The van der Waals surface area contributed by atoms with Crippen molar-refractivity contribution in [3.05, 3.63) is 65.7 Å². The molecular weight excluding hydrogens is 304 g/mol. The molecule has 2 rings (SSSR count). The number of aliphatic hydroxyl groups is 1. The van der Waals surface area contributed by atoms with E-state index in [1.165, 1.54) is 0 Å². The van der Waals surface area contributed by atoms with Gasteiger partial charge in [-0.15, -0.1) is 0 Å². The standard InChI is InChI=1S/C19H24N2O3/c1-2-24-15-17-8-10-18(11-9-17)20-19(23)21(12-13-22)14-16-6-4-3-5-7-16/h3-11,22H,2,12-15H2,1H3,(H,20,23). The zero-order valence-electron chi connectivity index (χ0n) is 13.9. The Hall–Kier alpha value is -2.37. The van der Waals surface area contributed by atoms with Crippen LogP contribution in [0.15, 0.2) is 54.6 Å². The quantitative estimate of drug-likeness (QED) is 0.782. The number of hydrogen-bond donors (Lipinski definition) is 2. The third-order valence-electron chi connectivity index (χ3n) is 3.55. The maximum Gasteiger partial charge on any atom is 0.322 e. The van der Waals surface area contributed by atoms with Crippen molar-refractivity contribution in [2.45, 2.75) is 20.1 Å². The van der Waals surface area contributed by atoms with E-state index < -0.39 is 0 Å². The van der Waals surface area contributed by atoms with E-state index in [-0.39, 0.29) is 19.2 Å². The van der Waals surface area contributed by atoms with Gasteiger partial charge in [-0.25, -0.2) is 4.79 Å². The fourth-order valence-corrected chi connectivity index (χ4v) is 2.28. The largest absolute Gasteiger partial charge is 0.395 e. The first-order chi connectivity index (χ1) is 11.7. The molecule has 0 saturated heterocycles. The highest BCUT2D eigenvalue weighted by atomic mass is 16.5. The van der Waals surface area contributed by atoms with E-state index in [0.717, 1.165) is 16.8 Å². The van der Waals surface area contributed by atoms with Gasteiger partial charge in [-0.3, -0.25) is 0 Å². The van der Waals surface area contributed by atoms with Crippen molar-refractivity contribution in [1.29, 1.82) is 0 Å². The Morgan fingerprint density at radius 1 is 1.08 bits per heavy atom. The number of urea groups is 1. The smallest absolute Gasteiger partial charge is 0.322 e. The first kappa shape index (κ1) is 18.0. The summed E-state index contributed by atoms with van der Waals surface area (Å²) >= 11 is 0. The van der Waals surface area contributed by atoms with Gasteiger partial charge in [-0.1, -0.05) is 42.5 Å². The predicted molar refractivity (Wildman–Crippen MR) is 94.7 cm³/mol. The summed E-state index contributed by atoms with van der Waals surface area (Å²) < 4.78 is 5.35. The molecule has 2 aromatic carbocycles. The monoisotopic (exact) mass is 328 g/mol. The summed E-state index contributed by atoms with van der Waals surface area (Å²) in [5, 5.41) is 12.1. The summed E-state index contributed by atoms with van der Waals surface area (Å²) in [7, 11) is 0. The molecule has 128 valence electrons. The van der Waals surface area contributed by atoms with Crippen LogP contribution in [-0.2, 0) is 17.9 Å². The summed E-state index contributed by atoms with van der Waals surface area (Å²) in [5.74, 6) is 0. The van der Waals surface area contributed by atoms with Crippen LogP contribution >= 0.6 is 0 Å². The number of carbonyl (C=O) groups excluding carboxylic acids is 1. The molecule has 0 aliphatic heterocycles. The van der Waals surface area contributed by atoms with Gasteiger partial charge in [0.2, 0.25) is 0 Å². The first-order valence-corrected chi connectivity index (χ1v) is 8.10. The second-order valence-corrected chi connectivity index (χ2v) is 5.39. The zero-order chi connectivity index (χ0) is 17.2. The lowest BCUT2D eigenvalue weighted by Gasteiger charge is -2.22. The summed E-state index contributed by atoms with van der Waals surface area (Å²) in [6, 6.07) is 17.0. The molecule has 2 N–H and O–H groups in total. The number of aliphatic hydroxyl groups excluding tert-OH is 1. The Kier molecular flexibility index (Phi) is 7.26. The third-order valence-corrected chi connectivity index (χ3v) is 3.55. The number of benzene rings is 2. The van der Waals surface area contributed by atoms with Crippen molar-refractivity contribution in [2.24, 2.45) is 0 Å². The van der Waals surface area contributed by atoms with E-state index in [1.54, 1.807) is 4.90 Å². The van der Waals surface area contributed by atoms with E-state index in [0.29, 0.717) is 19.8 Å². The average Bonchev–Trinajstić information content (AvgIpc) is 2.61. The number of rotatable bonds is 8. The molecule has 0 saturated carbocycles. The average molecular weight is 328 g/mol. The Labute approximate surface area is 142 Å². The summed E-state index contributed by atoms with van der Waals surface area (Å²) in [4.78, 5) is 14.0. The van der Waals surface area contributed by atoms with E-state index in [2.05, 4.69) is 5.32 Å². The van der Waals surface area contributed by atoms with Crippen LogP contribution in [0, 0.1) is 0 Å². The van der Waals surface area contributed by atoms with Crippen molar-refractivity contribution >= 4 is 11.7 Å². The maximum atomic E-state index is 12.4. The molecule has 5 heteroatoms. The maximum absolute atomic E-state index is 12.4. The lowest BCUT2D eigenvalue weighted by molar-refractivity contribution is 0.134. The number of hydrogen-bond acceptors (Lipinski definition) is 3. The minimum atomic E-state index is -0.231. The molecule has 0 spiro atoms. The molecule has 0 aromatic heterocycles. The molecule has 0 unspecified atom stereocenters. The molecule has 0 radical (unpaired) electrons. The van der Waals surface area contributed by atoms with E-state index in [9.17, 15) is 9.90 Å². The minimum absolute atomic E-state index is 0.0758. The van der Waals surface area contributed by atoms with Crippen LogP contribution in [0.2, 0.25) is 0 Å². The molecule has 0 fully saturated rings. The molecular formula is C19H24N2O3. The van der Waals surface area contributed by atoms with Gasteiger partial charge < -0.3 is 20.1 Å². The van der Waals surface area contributed by atoms with E-state index in [1.807, 2.05) is 61.5 Å². The normalized spacial score (nSPS) is 10.4.